The maximum Gasteiger partial charge on any atom is 0.330 e. The molecule has 1 amide bonds. The summed E-state index contributed by atoms with van der Waals surface area (Å²) < 4.78 is 4.24. The summed E-state index contributed by atoms with van der Waals surface area (Å²) in [6.45, 7) is 1.35. The normalized spacial score (nSPS) is 11.9. The van der Waals surface area contributed by atoms with Crippen molar-refractivity contribution in [1.29, 1.82) is 0 Å². The van der Waals surface area contributed by atoms with Crippen molar-refractivity contribution in [2.75, 3.05) is 7.11 Å². The Morgan fingerprint density at radius 2 is 2.30 bits per heavy atom. The molecule has 58 valence electrons. The Bertz CT molecular complexity index is 136. The molecule has 1 atom stereocenters. The molecule has 0 aliphatic heterocycles. The highest BCUT2D eigenvalue weighted by Gasteiger charge is 2.18. The van der Waals surface area contributed by atoms with Gasteiger partial charge in [-0.05, 0) is 6.92 Å². The van der Waals surface area contributed by atoms with Crippen molar-refractivity contribution in [3.63, 3.8) is 0 Å². The quantitative estimate of drug-likeness (QED) is 0.250. The average molecular weight is 147 g/mol. The van der Waals surface area contributed by atoms with E-state index in [1.807, 2.05) is 0 Å². The first-order chi connectivity index (χ1) is 4.63. The number of hydrogen-bond acceptors (Lipinski definition) is 4. The van der Waals surface area contributed by atoms with Gasteiger partial charge in [-0.2, -0.15) is 0 Å². The van der Waals surface area contributed by atoms with E-state index in [0.717, 1.165) is 0 Å². The molecule has 0 aliphatic rings. The molecular formula is C5H9NO4. The molecular weight excluding hydrogens is 138 g/mol. The van der Waals surface area contributed by atoms with Crippen LogP contribution in [0.3, 0.4) is 0 Å². The number of carbonyl (C=O) groups is 2. The monoisotopic (exact) mass is 147 g/mol. The number of carbonyl (C=O) groups excluding carboxylic acids is 2. The van der Waals surface area contributed by atoms with E-state index in [-0.39, 0.29) is 11.5 Å². The van der Waals surface area contributed by atoms with Crippen LogP contribution in [0.15, 0.2) is 0 Å². The lowest BCUT2D eigenvalue weighted by molar-refractivity contribution is -0.175. The highest BCUT2D eigenvalue weighted by molar-refractivity contribution is 5.77. The molecule has 0 aromatic carbocycles. The summed E-state index contributed by atoms with van der Waals surface area (Å²) in [4.78, 5) is 20.4. The molecule has 0 aromatic rings. The van der Waals surface area contributed by atoms with Gasteiger partial charge in [0.05, 0.1) is 7.11 Å². The largest absolute Gasteiger partial charge is 0.467 e. The van der Waals surface area contributed by atoms with Gasteiger partial charge >= 0.3 is 5.97 Å². The lowest BCUT2D eigenvalue weighted by atomic mass is 10.3. The third-order valence-corrected chi connectivity index (χ3v) is 1.05. The van der Waals surface area contributed by atoms with Crippen LogP contribution in [0.1, 0.15) is 6.92 Å². The van der Waals surface area contributed by atoms with Gasteiger partial charge in [0.15, 0.2) is 6.04 Å². The van der Waals surface area contributed by atoms with Gasteiger partial charge in [0, 0.05) is 0 Å². The zero-order valence-corrected chi connectivity index (χ0v) is 5.77. The second kappa shape index (κ2) is 3.84. The minimum absolute atomic E-state index is 0.140. The van der Waals surface area contributed by atoms with Gasteiger partial charge in [0.1, 0.15) is 0 Å². The van der Waals surface area contributed by atoms with Crippen LogP contribution >= 0.6 is 0 Å². The summed E-state index contributed by atoms with van der Waals surface area (Å²) in [5.41, 5.74) is 0. The van der Waals surface area contributed by atoms with Crippen LogP contribution in [-0.2, 0) is 14.3 Å². The molecule has 0 aliphatic carbocycles. The smallest absolute Gasteiger partial charge is 0.330 e. The van der Waals surface area contributed by atoms with E-state index in [4.69, 9.17) is 5.21 Å². The SMILES string of the molecule is COC(=O)C(C)N(O)C=O. The van der Waals surface area contributed by atoms with Crippen molar-refractivity contribution in [2.24, 2.45) is 0 Å². The molecule has 0 saturated heterocycles. The molecule has 0 bridgehead atoms. The minimum atomic E-state index is -0.942. The number of rotatable bonds is 3. The zero-order chi connectivity index (χ0) is 8.15. The average Bonchev–Trinajstić information content (AvgIpc) is 2.00. The minimum Gasteiger partial charge on any atom is -0.467 e. The van der Waals surface area contributed by atoms with E-state index in [0.29, 0.717) is 0 Å². The first-order valence-corrected chi connectivity index (χ1v) is 2.63. The van der Waals surface area contributed by atoms with E-state index in [1.165, 1.54) is 14.0 Å². The van der Waals surface area contributed by atoms with Crippen LogP contribution in [0, 0.1) is 0 Å². The Balaban J connectivity index is 3.93. The summed E-state index contributed by atoms with van der Waals surface area (Å²) in [5.74, 6) is -0.658. The van der Waals surface area contributed by atoms with Gasteiger partial charge in [-0.25, -0.2) is 9.86 Å². The van der Waals surface area contributed by atoms with Crippen molar-refractivity contribution in [2.45, 2.75) is 13.0 Å². The third-order valence-electron chi connectivity index (χ3n) is 1.05. The Morgan fingerprint density at radius 3 is 2.60 bits per heavy atom. The highest BCUT2D eigenvalue weighted by atomic mass is 16.5. The maximum absolute atomic E-state index is 10.5. The first-order valence-electron chi connectivity index (χ1n) is 2.63. The topological polar surface area (TPSA) is 66.8 Å². The number of hydroxylamine groups is 2. The van der Waals surface area contributed by atoms with Crippen LogP contribution in [0.2, 0.25) is 0 Å². The van der Waals surface area contributed by atoms with Gasteiger partial charge in [0.25, 0.3) is 0 Å². The summed E-state index contributed by atoms with van der Waals surface area (Å²) in [6.07, 6.45) is 0.140. The second-order valence-electron chi connectivity index (χ2n) is 1.68. The molecule has 0 heterocycles. The summed E-state index contributed by atoms with van der Waals surface area (Å²) in [7, 11) is 1.18. The zero-order valence-electron chi connectivity index (χ0n) is 5.77. The Hall–Kier alpha value is -1.10. The molecule has 0 spiro atoms. The van der Waals surface area contributed by atoms with E-state index >= 15 is 0 Å². The molecule has 1 unspecified atom stereocenters. The van der Waals surface area contributed by atoms with E-state index < -0.39 is 12.0 Å². The van der Waals surface area contributed by atoms with Gasteiger partial charge in [-0.15, -0.1) is 0 Å². The first kappa shape index (κ1) is 8.90. The summed E-state index contributed by atoms with van der Waals surface area (Å²) in [5, 5.41) is 8.83. The van der Waals surface area contributed by atoms with Crippen molar-refractivity contribution >= 4 is 12.4 Å². The Morgan fingerprint density at radius 1 is 1.80 bits per heavy atom. The van der Waals surface area contributed by atoms with Crippen LogP contribution < -0.4 is 0 Å². The van der Waals surface area contributed by atoms with Crippen molar-refractivity contribution in [3.8, 4) is 0 Å². The van der Waals surface area contributed by atoms with Gasteiger partial charge in [0.2, 0.25) is 6.41 Å². The predicted molar refractivity (Wildman–Crippen MR) is 31.2 cm³/mol. The van der Waals surface area contributed by atoms with Crippen LogP contribution in [-0.4, -0.2) is 35.8 Å². The van der Waals surface area contributed by atoms with E-state index in [1.54, 1.807) is 0 Å². The Labute approximate surface area is 58.1 Å². The number of hydrogen-bond donors (Lipinski definition) is 1. The fourth-order valence-electron chi connectivity index (χ4n) is 0.370. The van der Waals surface area contributed by atoms with Crippen molar-refractivity contribution < 1.29 is 19.5 Å². The molecule has 5 heteroatoms. The molecule has 0 radical (unpaired) electrons. The van der Waals surface area contributed by atoms with Crippen molar-refractivity contribution in [1.82, 2.24) is 5.06 Å². The molecule has 1 N–H and O–H groups in total. The standard InChI is InChI=1S/C5H9NO4/c1-4(5(8)10-2)6(9)3-7/h3-4,9H,1-2H3. The third kappa shape index (κ3) is 2.02. The van der Waals surface area contributed by atoms with Crippen molar-refractivity contribution in [3.05, 3.63) is 0 Å². The molecule has 0 aromatic heterocycles. The molecule has 5 nitrogen and oxygen atoms in total. The van der Waals surface area contributed by atoms with Crippen LogP contribution in [0.25, 0.3) is 0 Å². The number of nitrogens with zero attached hydrogens (tertiary/aromatic N) is 1. The number of methoxy groups -OCH3 is 1. The fourth-order valence-corrected chi connectivity index (χ4v) is 0.370. The van der Waals surface area contributed by atoms with Gasteiger partial charge < -0.3 is 4.74 Å². The van der Waals surface area contributed by atoms with E-state index in [2.05, 4.69) is 4.74 Å². The Kier molecular flexibility index (Phi) is 3.42. The fraction of sp³-hybridized carbons (Fsp3) is 0.600. The van der Waals surface area contributed by atoms with Gasteiger partial charge in [-0.3, -0.25) is 10.0 Å². The second-order valence-corrected chi connectivity index (χ2v) is 1.68. The molecule has 0 fully saturated rings. The molecule has 10 heavy (non-hydrogen) atoms. The van der Waals surface area contributed by atoms with Crippen LogP contribution in [0.4, 0.5) is 0 Å². The summed E-state index contributed by atoms with van der Waals surface area (Å²) >= 11 is 0. The maximum atomic E-state index is 10.5. The van der Waals surface area contributed by atoms with E-state index in [9.17, 15) is 9.59 Å². The lowest BCUT2D eigenvalue weighted by Crippen LogP contribution is -2.36. The number of amides is 1. The predicted octanol–water partition coefficient (Wildman–Crippen LogP) is -0.605. The van der Waals surface area contributed by atoms with Gasteiger partial charge in [-0.1, -0.05) is 0 Å². The molecule has 0 rings (SSSR count). The molecule has 0 saturated carbocycles. The highest BCUT2D eigenvalue weighted by Crippen LogP contribution is 1.92. The summed E-state index contributed by atoms with van der Waals surface area (Å²) in [6, 6.07) is -0.942. The number of ether oxygens (including phenoxy) is 1. The van der Waals surface area contributed by atoms with Crippen LogP contribution in [0.5, 0.6) is 0 Å². The number of esters is 1. The lowest BCUT2D eigenvalue weighted by Gasteiger charge is -2.14.